The lowest BCUT2D eigenvalue weighted by Gasteiger charge is -2.37. The molecule has 3 aliphatic heterocycles. The highest BCUT2D eigenvalue weighted by Gasteiger charge is 2.34. The standard InChI is InChI=1S/C29H46O5/c1-4-5-6-7-8-9-13-28-22(3)15-14-21(2)16-24-11-10-12-25(32-24)19-26-17-23(30)18-27(33-26)20-29(31)34-28/h7-9,13-15,21-28,30H,4-6,10-12,16-20H2,1-3H3/b8-7?,13-9+,15-14+/t21-,22-,23+,24+,25?,26?,27?,28?/m0/s1. The lowest BCUT2D eigenvalue weighted by atomic mass is 9.90. The molecule has 0 aromatic rings. The topological polar surface area (TPSA) is 65.0 Å². The number of esters is 1. The summed E-state index contributed by atoms with van der Waals surface area (Å²) in [5, 5.41) is 10.4. The minimum Gasteiger partial charge on any atom is -0.457 e. The van der Waals surface area contributed by atoms with Crippen molar-refractivity contribution in [2.45, 2.75) is 128 Å². The van der Waals surface area contributed by atoms with Gasteiger partial charge in [-0.25, -0.2) is 0 Å². The first-order valence-corrected chi connectivity index (χ1v) is 13.6. The van der Waals surface area contributed by atoms with Gasteiger partial charge in [-0.2, -0.15) is 0 Å². The number of carbonyl (C=O) groups is 1. The van der Waals surface area contributed by atoms with Crippen LogP contribution in [0.15, 0.2) is 36.5 Å². The van der Waals surface area contributed by atoms with Crippen molar-refractivity contribution in [3.8, 4) is 0 Å². The molecule has 3 rings (SSSR count). The number of aliphatic hydroxyl groups is 1. The summed E-state index contributed by atoms with van der Waals surface area (Å²) >= 11 is 0. The van der Waals surface area contributed by atoms with Gasteiger partial charge in [0.2, 0.25) is 0 Å². The minimum absolute atomic E-state index is 0.0604. The summed E-state index contributed by atoms with van der Waals surface area (Å²) in [4.78, 5) is 12.9. The molecule has 2 saturated heterocycles. The number of allylic oxidation sites excluding steroid dienone is 4. The van der Waals surface area contributed by atoms with Crippen LogP contribution in [0.4, 0.5) is 0 Å². The maximum absolute atomic E-state index is 12.9. The molecule has 0 amide bonds. The first-order valence-electron chi connectivity index (χ1n) is 13.6. The summed E-state index contributed by atoms with van der Waals surface area (Å²) in [6, 6.07) is 0. The summed E-state index contributed by atoms with van der Waals surface area (Å²) in [5.74, 6) is 0.188. The highest BCUT2D eigenvalue weighted by Crippen LogP contribution is 2.31. The normalized spacial score (nSPS) is 39.2. The Bertz CT molecular complexity index is 699. The van der Waals surface area contributed by atoms with Crippen LogP contribution in [0.25, 0.3) is 0 Å². The molecule has 4 bridgehead atoms. The molecule has 0 aliphatic carbocycles. The fraction of sp³-hybridized carbons (Fsp3) is 0.759. The molecule has 0 aromatic carbocycles. The lowest BCUT2D eigenvalue weighted by molar-refractivity contribution is -0.161. The minimum atomic E-state index is -0.444. The van der Waals surface area contributed by atoms with Gasteiger partial charge < -0.3 is 19.3 Å². The van der Waals surface area contributed by atoms with Crippen LogP contribution in [0.1, 0.15) is 91.4 Å². The number of carbonyl (C=O) groups excluding carboxylic acids is 1. The van der Waals surface area contributed by atoms with E-state index in [-0.39, 0.29) is 48.8 Å². The van der Waals surface area contributed by atoms with Crippen LogP contribution in [0, 0.1) is 11.8 Å². The smallest absolute Gasteiger partial charge is 0.309 e. The Labute approximate surface area is 206 Å². The van der Waals surface area contributed by atoms with Crippen LogP contribution in [-0.2, 0) is 19.0 Å². The first-order chi connectivity index (χ1) is 16.4. The van der Waals surface area contributed by atoms with E-state index in [9.17, 15) is 9.90 Å². The van der Waals surface area contributed by atoms with E-state index in [1.165, 1.54) is 19.3 Å². The monoisotopic (exact) mass is 474 g/mol. The molecule has 0 spiro atoms. The maximum Gasteiger partial charge on any atom is 0.309 e. The van der Waals surface area contributed by atoms with Crippen molar-refractivity contribution in [2.24, 2.45) is 11.8 Å². The Morgan fingerprint density at radius 2 is 1.71 bits per heavy atom. The second-order valence-electron chi connectivity index (χ2n) is 10.6. The number of unbranched alkanes of at least 4 members (excludes halogenated alkanes) is 2. The predicted octanol–water partition coefficient (Wildman–Crippen LogP) is 6.06. The van der Waals surface area contributed by atoms with Gasteiger partial charge in [-0.05, 0) is 56.9 Å². The Balaban J connectivity index is 1.74. The van der Waals surface area contributed by atoms with Crippen LogP contribution in [0.5, 0.6) is 0 Å². The zero-order valence-corrected chi connectivity index (χ0v) is 21.4. The summed E-state index contributed by atoms with van der Waals surface area (Å²) in [6.45, 7) is 6.52. The van der Waals surface area contributed by atoms with Gasteiger partial charge in [0.25, 0.3) is 0 Å². The zero-order valence-electron chi connectivity index (χ0n) is 21.4. The molecular weight excluding hydrogens is 428 g/mol. The fourth-order valence-electron chi connectivity index (χ4n) is 5.34. The number of ether oxygens (including phenoxy) is 3. The van der Waals surface area contributed by atoms with Gasteiger partial charge >= 0.3 is 5.97 Å². The van der Waals surface area contributed by atoms with E-state index < -0.39 is 6.10 Å². The van der Waals surface area contributed by atoms with Crippen LogP contribution < -0.4 is 0 Å². The van der Waals surface area contributed by atoms with Crippen LogP contribution in [0.3, 0.4) is 0 Å². The van der Waals surface area contributed by atoms with Crippen molar-refractivity contribution in [1.29, 1.82) is 0 Å². The molecular formula is C29H46O5. The largest absolute Gasteiger partial charge is 0.457 e. The molecule has 1 N–H and O–H groups in total. The second-order valence-corrected chi connectivity index (χ2v) is 10.6. The first kappa shape index (κ1) is 27.2. The number of fused-ring (bicyclic) bond motifs is 4. The third kappa shape index (κ3) is 9.31. The number of cyclic esters (lactones) is 1. The van der Waals surface area contributed by atoms with Crippen molar-refractivity contribution in [2.75, 3.05) is 0 Å². The number of aliphatic hydroxyl groups excluding tert-OH is 1. The van der Waals surface area contributed by atoms with Crippen molar-refractivity contribution in [1.82, 2.24) is 0 Å². The Morgan fingerprint density at radius 3 is 2.50 bits per heavy atom. The van der Waals surface area contributed by atoms with Gasteiger partial charge in [0.1, 0.15) is 6.10 Å². The van der Waals surface area contributed by atoms with Gasteiger partial charge in [-0.3, -0.25) is 4.79 Å². The molecule has 2 fully saturated rings. The highest BCUT2D eigenvalue weighted by molar-refractivity contribution is 5.70. The van der Waals surface area contributed by atoms with Crippen molar-refractivity contribution in [3.63, 3.8) is 0 Å². The third-order valence-corrected chi connectivity index (χ3v) is 7.25. The molecule has 3 aliphatic rings. The van der Waals surface area contributed by atoms with E-state index in [1.807, 2.05) is 18.2 Å². The summed E-state index contributed by atoms with van der Waals surface area (Å²) < 4.78 is 18.6. The van der Waals surface area contributed by atoms with Gasteiger partial charge in [0.05, 0.1) is 36.9 Å². The molecule has 5 heteroatoms. The summed E-state index contributed by atoms with van der Waals surface area (Å²) in [5.41, 5.74) is 0. The molecule has 5 nitrogen and oxygen atoms in total. The van der Waals surface area contributed by atoms with E-state index in [0.717, 1.165) is 32.1 Å². The van der Waals surface area contributed by atoms with Crippen LogP contribution in [-0.4, -0.2) is 47.7 Å². The van der Waals surface area contributed by atoms with E-state index in [2.05, 4.69) is 39.0 Å². The van der Waals surface area contributed by atoms with E-state index in [0.29, 0.717) is 18.8 Å². The summed E-state index contributed by atoms with van der Waals surface area (Å²) in [6.07, 6.45) is 21.7. The Hall–Kier alpha value is -1.43. The molecule has 0 aromatic heterocycles. The molecule has 3 heterocycles. The molecule has 192 valence electrons. The van der Waals surface area contributed by atoms with E-state index in [1.54, 1.807) is 0 Å². The van der Waals surface area contributed by atoms with Crippen LogP contribution in [0.2, 0.25) is 0 Å². The van der Waals surface area contributed by atoms with Gasteiger partial charge in [0, 0.05) is 12.3 Å². The SMILES string of the molecule is CCCCC=C/C=C/C1OC(=O)CC2C[C@H](O)CC(CC3CCC[C@H](C[C@@H](C)/C=C/[C@@H]1C)O3)O2. The summed E-state index contributed by atoms with van der Waals surface area (Å²) in [7, 11) is 0. The average molecular weight is 475 g/mol. The Morgan fingerprint density at radius 1 is 0.971 bits per heavy atom. The van der Waals surface area contributed by atoms with Crippen molar-refractivity contribution < 1.29 is 24.1 Å². The molecule has 8 atom stereocenters. The molecule has 34 heavy (non-hydrogen) atoms. The second kappa shape index (κ2) is 14.2. The van der Waals surface area contributed by atoms with Crippen molar-refractivity contribution >= 4 is 5.97 Å². The molecule has 0 radical (unpaired) electrons. The average Bonchev–Trinajstić information content (AvgIpc) is 2.78. The zero-order chi connectivity index (χ0) is 24.3. The van der Waals surface area contributed by atoms with E-state index >= 15 is 0 Å². The number of hydrogen-bond acceptors (Lipinski definition) is 5. The highest BCUT2D eigenvalue weighted by atomic mass is 16.6. The van der Waals surface area contributed by atoms with Crippen molar-refractivity contribution in [3.05, 3.63) is 36.5 Å². The molecule has 0 saturated carbocycles. The van der Waals surface area contributed by atoms with Gasteiger partial charge in [-0.15, -0.1) is 0 Å². The predicted molar refractivity (Wildman–Crippen MR) is 135 cm³/mol. The van der Waals surface area contributed by atoms with Gasteiger partial charge in [-0.1, -0.05) is 64.0 Å². The fourth-order valence-corrected chi connectivity index (χ4v) is 5.34. The quantitative estimate of drug-likeness (QED) is 0.227. The van der Waals surface area contributed by atoms with E-state index in [4.69, 9.17) is 14.2 Å². The molecule has 4 unspecified atom stereocenters. The third-order valence-electron chi connectivity index (χ3n) is 7.25. The number of hydrogen-bond donors (Lipinski definition) is 1. The number of rotatable bonds is 5. The van der Waals surface area contributed by atoms with Crippen LogP contribution >= 0.6 is 0 Å². The maximum atomic E-state index is 12.9. The Kier molecular flexibility index (Phi) is 11.4. The lowest BCUT2D eigenvalue weighted by Crippen LogP contribution is -2.40. The van der Waals surface area contributed by atoms with Gasteiger partial charge in [0.15, 0.2) is 0 Å².